The van der Waals surface area contributed by atoms with Gasteiger partial charge in [0.1, 0.15) is 0 Å². The highest BCUT2D eigenvalue weighted by Crippen LogP contribution is 2.24. The zero-order valence-corrected chi connectivity index (χ0v) is 14.5. The Morgan fingerprint density at radius 3 is 2.91 bits per heavy atom. The third-order valence-corrected chi connectivity index (χ3v) is 4.56. The van der Waals surface area contributed by atoms with Gasteiger partial charge in [0.05, 0.1) is 0 Å². The second-order valence-electron chi connectivity index (χ2n) is 5.33. The van der Waals surface area contributed by atoms with E-state index in [0.717, 1.165) is 21.9 Å². The minimum Gasteiger partial charge on any atom is -0.319 e. The van der Waals surface area contributed by atoms with E-state index in [0.29, 0.717) is 11.7 Å². The summed E-state index contributed by atoms with van der Waals surface area (Å²) in [7, 11) is 1.83. The lowest BCUT2D eigenvalue weighted by Gasteiger charge is -2.09. The number of hydrogen-bond donors (Lipinski definition) is 2. The van der Waals surface area contributed by atoms with Gasteiger partial charge >= 0.3 is 0 Å². The molecule has 0 fully saturated rings. The number of halogens is 1. The largest absolute Gasteiger partial charge is 0.319 e. The highest BCUT2D eigenvalue weighted by Gasteiger charge is 2.14. The quantitative estimate of drug-likeness (QED) is 0.848. The van der Waals surface area contributed by atoms with Crippen molar-refractivity contribution in [2.24, 2.45) is 5.92 Å². The van der Waals surface area contributed by atoms with Gasteiger partial charge < -0.3 is 10.6 Å². The number of nitrogens with zero attached hydrogens (tertiary/aromatic N) is 1. The number of amides is 1. The fourth-order valence-electron chi connectivity index (χ4n) is 2.12. The van der Waals surface area contributed by atoms with E-state index in [9.17, 15) is 4.79 Å². The van der Waals surface area contributed by atoms with Gasteiger partial charge in [-0.1, -0.05) is 24.6 Å². The van der Waals surface area contributed by atoms with Crippen LogP contribution in [-0.2, 0) is 11.2 Å². The predicted octanol–water partition coefficient (Wildman–Crippen LogP) is 3.49. The van der Waals surface area contributed by atoms with Crippen molar-refractivity contribution in [2.45, 2.75) is 20.3 Å². The molecule has 0 aliphatic carbocycles. The first-order chi connectivity index (χ1) is 10.5. The van der Waals surface area contributed by atoms with E-state index in [1.54, 1.807) is 0 Å². The van der Waals surface area contributed by atoms with Crippen molar-refractivity contribution in [1.29, 1.82) is 0 Å². The molecule has 4 nitrogen and oxygen atoms in total. The number of carbonyl (C=O) groups excluding carboxylic acids is 1. The van der Waals surface area contributed by atoms with Crippen molar-refractivity contribution in [3.8, 4) is 0 Å². The Bertz CT molecular complexity index is 657. The van der Waals surface area contributed by atoms with Crippen LogP contribution < -0.4 is 10.6 Å². The number of carbonyl (C=O) groups is 1. The predicted molar refractivity (Wildman–Crippen MR) is 92.8 cm³/mol. The van der Waals surface area contributed by atoms with E-state index in [1.807, 2.05) is 45.3 Å². The van der Waals surface area contributed by atoms with E-state index in [4.69, 9.17) is 11.6 Å². The second kappa shape index (κ2) is 7.72. The Balaban J connectivity index is 2.01. The molecule has 1 atom stereocenters. The average molecular weight is 338 g/mol. The Morgan fingerprint density at radius 2 is 2.23 bits per heavy atom. The first-order valence-electron chi connectivity index (χ1n) is 7.14. The van der Waals surface area contributed by atoms with Gasteiger partial charge in [-0.05, 0) is 37.2 Å². The maximum Gasteiger partial charge on any atom is 0.230 e. The molecule has 2 aromatic rings. The standard InChI is InChI=1S/C16H20ClN3OS/c1-10-6-13(17)5-4-12(10)7-14-9-19-16(22-14)20-15(21)11(2)8-18-3/h4-6,9,11,18H,7-8H2,1-3H3,(H,19,20,21). The van der Waals surface area contributed by atoms with Gasteiger partial charge in [-0.3, -0.25) is 4.79 Å². The fourth-order valence-corrected chi connectivity index (χ4v) is 3.18. The molecule has 1 amide bonds. The van der Waals surface area contributed by atoms with Gasteiger partial charge in [0.15, 0.2) is 5.13 Å². The monoisotopic (exact) mass is 337 g/mol. The van der Waals surface area contributed by atoms with E-state index in [2.05, 4.69) is 15.6 Å². The molecule has 118 valence electrons. The fraction of sp³-hybridized carbons (Fsp3) is 0.375. The summed E-state index contributed by atoms with van der Waals surface area (Å²) in [5, 5.41) is 7.25. The molecule has 1 aromatic carbocycles. The summed E-state index contributed by atoms with van der Waals surface area (Å²) in [5.74, 6) is -0.103. The number of nitrogens with one attached hydrogen (secondary N) is 2. The van der Waals surface area contributed by atoms with Crippen LogP contribution in [0.5, 0.6) is 0 Å². The van der Waals surface area contributed by atoms with Crippen LogP contribution >= 0.6 is 22.9 Å². The smallest absolute Gasteiger partial charge is 0.230 e. The number of rotatable bonds is 6. The summed E-state index contributed by atoms with van der Waals surface area (Å²) in [4.78, 5) is 17.4. The molecule has 22 heavy (non-hydrogen) atoms. The molecule has 0 saturated carbocycles. The van der Waals surface area contributed by atoms with Crippen molar-refractivity contribution < 1.29 is 4.79 Å². The van der Waals surface area contributed by atoms with Crippen molar-refractivity contribution in [3.63, 3.8) is 0 Å². The lowest BCUT2D eigenvalue weighted by atomic mass is 10.1. The van der Waals surface area contributed by atoms with Gasteiger partial charge in [0.2, 0.25) is 5.91 Å². The van der Waals surface area contributed by atoms with Crippen molar-refractivity contribution in [3.05, 3.63) is 45.4 Å². The molecule has 1 aromatic heterocycles. The normalized spacial score (nSPS) is 12.2. The molecule has 0 bridgehead atoms. The SMILES string of the molecule is CNCC(C)C(=O)Nc1ncc(Cc2ccc(Cl)cc2C)s1. The topological polar surface area (TPSA) is 54.0 Å². The molecule has 2 N–H and O–H groups in total. The summed E-state index contributed by atoms with van der Waals surface area (Å²) in [6, 6.07) is 5.89. The first kappa shape index (κ1) is 16.9. The van der Waals surface area contributed by atoms with E-state index < -0.39 is 0 Å². The minimum atomic E-state index is -0.0872. The van der Waals surface area contributed by atoms with Crippen molar-refractivity contribution in [1.82, 2.24) is 10.3 Å². The molecule has 0 aliphatic heterocycles. The molecular weight excluding hydrogens is 318 g/mol. The number of aryl methyl sites for hydroxylation is 1. The van der Waals surface area contributed by atoms with Gasteiger partial charge in [-0.25, -0.2) is 4.98 Å². The molecule has 0 radical (unpaired) electrons. The minimum absolute atomic E-state index is 0.0158. The Hall–Kier alpha value is -1.43. The van der Waals surface area contributed by atoms with Crippen LogP contribution in [0, 0.1) is 12.8 Å². The van der Waals surface area contributed by atoms with E-state index in [1.165, 1.54) is 16.9 Å². The second-order valence-corrected chi connectivity index (χ2v) is 6.88. The van der Waals surface area contributed by atoms with Gasteiger partial charge in [-0.15, -0.1) is 11.3 Å². The third kappa shape index (κ3) is 4.53. The maximum absolute atomic E-state index is 12.0. The number of aromatic nitrogens is 1. The summed E-state index contributed by atoms with van der Waals surface area (Å²) in [6.07, 6.45) is 2.61. The van der Waals surface area contributed by atoms with Crippen LogP contribution in [0.2, 0.25) is 5.02 Å². The Morgan fingerprint density at radius 1 is 1.45 bits per heavy atom. The molecule has 0 aliphatic rings. The number of anilines is 1. The van der Waals surface area contributed by atoms with Gasteiger partial charge in [0, 0.05) is 35.0 Å². The molecule has 0 spiro atoms. The lowest BCUT2D eigenvalue weighted by molar-refractivity contribution is -0.119. The molecule has 2 rings (SSSR count). The Kier molecular flexibility index (Phi) is 5.94. The van der Waals surface area contributed by atoms with E-state index >= 15 is 0 Å². The number of benzene rings is 1. The molecule has 0 saturated heterocycles. The molecular formula is C16H20ClN3OS. The molecule has 6 heteroatoms. The summed E-state index contributed by atoms with van der Waals surface area (Å²) in [6.45, 7) is 4.58. The van der Waals surface area contributed by atoms with Crippen LogP contribution in [0.25, 0.3) is 0 Å². The zero-order valence-electron chi connectivity index (χ0n) is 12.9. The van der Waals surface area contributed by atoms with Crippen molar-refractivity contribution >= 4 is 34.0 Å². The van der Waals surface area contributed by atoms with Crippen LogP contribution in [0.1, 0.15) is 22.9 Å². The number of hydrogen-bond acceptors (Lipinski definition) is 4. The van der Waals surface area contributed by atoms with Crippen LogP contribution in [0.15, 0.2) is 24.4 Å². The molecule has 1 heterocycles. The van der Waals surface area contributed by atoms with Crippen LogP contribution in [0.4, 0.5) is 5.13 Å². The van der Waals surface area contributed by atoms with Crippen LogP contribution in [-0.4, -0.2) is 24.5 Å². The van der Waals surface area contributed by atoms with Crippen molar-refractivity contribution in [2.75, 3.05) is 18.9 Å². The summed E-state index contributed by atoms with van der Waals surface area (Å²) in [5.41, 5.74) is 2.38. The third-order valence-electron chi connectivity index (χ3n) is 3.41. The Labute approximate surface area is 139 Å². The zero-order chi connectivity index (χ0) is 16.1. The average Bonchev–Trinajstić information content (AvgIpc) is 2.89. The maximum atomic E-state index is 12.0. The van der Waals surface area contributed by atoms with E-state index in [-0.39, 0.29) is 11.8 Å². The highest BCUT2D eigenvalue weighted by atomic mass is 35.5. The summed E-state index contributed by atoms with van der Waals surface area (Å²) < 4.78 is 0. The first-order valence-corrected chi connectivity index (χ1v) is 8.34. The molecule has 1 unspecified atom stereocenters. The lowest BCUT2D eigenvalue weighted by Crippen LogP contribution is -2.28. The number of thiazole rings is 1. The van der Waals surface area contributed by atoms with Gasteiger partial charge in [0.25, 0.3) is 0 Å². The van der Waals surface area contributed by atoms with Crippen LogP contribution in [0.3, 0.4) is 0 Å². The van der Waals surface area contributed by atoms with Gasteiger partial charge in [-0.2, -0.15) is 0 Å². The summed E-state index contributed by atoms with van der Waals surface area (Å²) >= 11 is 7.48. The highest BCUT2D eigenvalue weighted by molar-refractivity contribution is 7.15.